The van der Waals surface area contributed by atoms with E-state index < -0.39 is 0 Å². The Morgan fingerprint density at radius 3 is 2.55 bits per heavy atom. The lowest BCUT2D eigenvalue weighted by atomic mass is 9.99. The number of hydrogen-bond acceptors (Lipinski definition) is 3. The molecule has 4 heteroatoms. The van der Waals surface area contributed by atoms with Crippen LogP contribution >= 0.6 is 0 Å². The first-order valence-corrected chi connectivity index (χ1v) is 7.02. The second-order valence-electron chi connectivity index (χ2n) is 5.65. The fourth-order valence-electron chi connectivity index (χ4n) is 2.78. The Labute approximate surface area is 120 Å². The van der Waals surface area contributed by atoms with Gasteiger partial charge in [-0.3, -0.25) is 14.5 Å². The minimum atomic E-state index is -0.181. The Balaban J connectivity index is 2.21. The minimum Gasteiger partial charge on any atom is -0.312 e. The molecule has 0 saturated carbocycles. The monoisotopic (exact) mass is 274 g/mol. The number of aryl methyl sites for hydroxylation is 2. The van der Waals surface area contributed by atoms with Gasteiger partial charge in [0.1, 0.15) is 0 Å². The highest BCUT2D eigenvalue weighted by Gasteiger charge is 2.36. The lowest BCUT2D eigenvalue weighted by Crippen LogP contribution is -2.38. The third-order valence-corrected chi connectivity index (χ3v) is 3.98. The van der Waals surface area contributed by atoms with Gasteiger partial charge in [0.25, 0.3) is 0 Å². The van der Waals surface area contributed by atoms with E-state index in [4.69, 9.17) is 0 Å². The molecule has 0 spiro atoms. The van der Waals surface area contributed by atoms with Crippen LogP contribution in [0.15, 0.2) is 18.2 Å². The van der Waals surface area contributed by atoms with Crippen LogP contribution in [0.25, 0.3) is 0 Å². The summed E-state index contributed by atoms with van der Waals surface area (Å²) >= 11 is 0. The number of nitrogens with zero attached hydrogens (tertiary/aromatic N) is 1. The van der Waals surface area contributed by atoms with Gasteiger partial charge in [-0.1, -0.05) is 30.7 Å². The number of likely N-dealkylation sites (N-methyl/N-ethyl adjacent to an activating group) is 1. The maximum Gasteiger partial charge on any atom is 0.232 e. The Morgan fingerprint density at radius 2 is 2.05 bits per heavy atom. The lowest BCUT2D eigenvalue weighted by molar-refractivity contribution is -0.139. The zero-order chi connectivity index (χ0) is 14.9. The van der Waals surface area contributed by atoms with E-state index in [-0.39, 0.29) is 23.8 Å². The van der Waals surface area contributed by atoms with Crippen LogP contribution in [0.2, 0.25) is 0 Å². The van der Waals surface area contributed by atoms with Crippen molar-refractivity contribution in [3.05, 3.63) is 34.9 Å². The fraction of sp³-hybridized carbons (Fsp3) is 0.500. The summed E-state index contributed by atoms with van der Waals surface area (Å²) in [7, 11) is 1.86. The van der Waals surface area contributed by atoms with Crippen LogP contribution in [-0.4, -0.2) is 30.3 Å². The summed E-state index contributed by atoms with van der Waals surface area (Å²) < 4.78 is 0. The molecule has 108 valence electrons. The van der Waals surface area contributed by atoms with Crippen molar-refractivity contribution in [2.45, 2.75) is 33.2 Å². The van der Waals surface area contributed by atoms with E-state index in [9.17, 15) is 9.59 Å². The van der Waals surface area contributed by atoms with Crippen LogP contribution in [0.5, 0.6) is 0 Å². The molecule has 2 unspecified atom stereocenters. The van der Waals surface area contributed by atoms with Gasteiger partial charge in [0.2, 0.25) is 11.8 Å². The van der Waals surface area contributed by atoms with E-state index >= 15 is 0 Å². The normalized spacial score (nSPS) is 20.6. The molecule has 1 saturated heterocycles. The molecule has 2 rings (SSSR count). The van der Waals surface area contributed by atoms with Gasteiger partial charge < -0.3 is 5.32 Å². The second-order valence-corrected chi connectivity index (χ2v) is 5.65. The van der Waals surface area contributed by atoms with Gasteiger partial charge in [0.05, 0.1) is 6.04 Å². The molecule has 2 amide bonds. The third kappa shape index (κ3) is 2.75. The van der Waals surface area contributed by atoms with Crippen molar-refractivity contribution in [2.24, 2.45) is 5.92 Å². The van der Waals surface area contributed by atoms with Gasteiger partial charge in [-0.05, 0) is 32.0 Å². The van der Waals surface area contributed by atoms with E-state index in [0.29, 0.717) is 13.0 Å². The highest BCUT2D eigenvalue weighted by molar-refractivity contribution is 6.03. The summed E-state index contributed by atoms with van der Waals surface area (Å²) in [4.78, 5) is 25.3. The summed E-state index contributed by atoms with van der Waals surface area (Å²) in [5, 5.41) is 3.22. The van der Waals surface area contributed by atoms with E-state index in [0.717, 1.165) is 5.56 Å². The van der Waals surface area contributed by atoms with Gasteiger partial charge in [-0.2, -0.15) is 0 Å². The van der Waals surface area contributed by atoms with Gasteiger partial charge in [-0.25, -0.2) is 0 Å². The summed E-state index contributed by atoms with van der Waals surface area (Å²) in [6.07, 6.45) is 0.335. The SMILES string of the molecule is CNC(CN1C(=O)CC(C)C1=O)c1ccc(C)cc1C. The number of carbonyl (C=O) groups is 2. The number of rotatable bonds is 4. The van der Waals surface area contributed by atoms with Crippen LogP contribution < -0.4 is 5.32 Å². The molecule has 0 aromatic heterocycles. The molecule has 1 aliphatic heterocycles. The summed E-state index contributed by atoms with van der Waals surface area (Å²) in [5.41, 5.74) is 3.53. The van der Waals surface area contributed by atoms with E-state index in [1.54, 1.807) is 0 Å². The first-order chi connectivity index (χ1) is 9.43. The molecule has 1 N–H and O–H groups in total. The zero-order valence-corrected chi connectivity index (χ0v) is 12.6. The largest absolute Gasteiger partial charge is 0.312 e. The first kappa shape index (κ1) is 14.7. The van der Waals surface area contributed by atoms with E-state index in [1.807, 2.05) is 14.0 Å². The minimum absolute atomic E-state index is 0.0196. The van der Waals surface area contributed by atoms with Crippen molar-refractivity contribution >= 4 is 11.8 Å². The number of benzene rings is 1. The van der Waals surface area contributed by atoms with Gasteiger partial charge in [0.15, 0.2) is 0 Å². The Hall–Kier alpha value is -1.68. The molecule has 1 aromatic rings. The third-order valence-electron chi connectivity index (χ3n) is 3.98. The van der Waals surface area contributed by atoms with Gasteiger partial charge in [-0.15, -0.1) is 0 Å². The van der Waals surface area contributed by atoms with Crippen molar-refractivity contribution in [3.63, 3.8) is 0 Å². The van der Waals surface area contributed by atoms with Crippen LogP contribution in [0.3, 0.4) is 0 Å². The number of amides is 2. The van der Waals surface area contributed by atoms with Crippen LogP contribution in [-0.2, 0) is 9.59 Å². The fourth-order valence-corrected chi connectivity index (χ4v) is 2.78. The second kappa shape index (κ2) is 5.75. The predicted octanol–water partition coefficient (Wildman–Crippen LogP) is 1.96. The Morgan fingerprint density at radius 1 is 1.35 bits per heavy atom. The molecule has 20 heavy (non-hydrogen) atoms. The van der Waals surface area contributed by atoms with Crippen molar-refractivity contribution in [1.29, 1.82) is 0 Å². The van der Waals surface area contributed by atoms with E-state index in [1.165, 1.54) is 16.0 Å². The first-order valence-electron chi connectivity index (χ1n) is 7.02. The number of likely N-dealkylation sites (tertiary alicyclic amines) is 1. The molecular formula is C16H22N2O2. The molecule has 1 fully saturated rings. The topological polar surface area (TPSA) is 49.4 Å². The maximum absolute atomic E-state index is 12.0. The molecule has 4 nitrogen and oxygen atoms in total. The van der Waals surface area contributed by atoms with Gasteiger partial charge in [0, 0.05) is 18.9 Å². The quantitative estimate of drug-likeness (QED) is 0.854. The highest BCUT2D eigenvalue weighted by Crippen LogP contribution is 2.24. The molecule has 0 bridgehead atoms. The summed E-state index contributed by atoms with van der Waals surface area (Å²) in [6.45, 7) is 6.33. The molecule has 1 aliphatic rings. The number of hydrogen-bond donors (Lipinski definition) is 1. The standard InChI is InChI=1S/C16H22N2O2/c1-10-5-6-13(11(2)7-10)14(17-4)9-18-15(19)8-12(3)16(18)20/h5-7,12,14,17H,8-9H2,1-4H3. The maximum atomic E-state index is 12.0. The van der Waals surface area contributed by atoms with Crippen LogP contribution in [0.1, 0.15) is 36.1 Å². The van der Waals surface area contributed by atoms with E-state index in [2.05, 4.69) is 37.4 Å². The average molecular weight is 274 g/mol. The smallest absolute Gasteiger partial charge is 0.232 e. The Bertz CT molecular complexity index is 539. The lowest BCUT2D eigenvalue weighted by Gasteiger charge is -2.24. The molecular weight excluding hydrogens is 252 g/mol. The number of nitrogens with one attached hydrogen (secondary N) is 1. The predicted molar refractivity (Wildman–Crippen MR) is 78.2 cm³/mol. The van der Waals surface area contributed by atoms with Gasteiger partial charge >= 0.3 is 0 Å². The van der Waals surface area contributed by atoms with Crippen molar-refractivity contribution in [1.82, 2.24) is 10.2 Å². The van der Waals surface area contributed by atoms with Crippen molar-refractivity contribution in [2.75, 3.05) is 13.6 Å². The molecule has 0 aliphatic carbocycles. The molecule has 2 atom stereocenters. The highest BCUT2D eigenvalue weighted by atomic mass is 16.2. The van der Waals surface area contributed by atoms with Crippen LogP contribution in [0.4, 0.5) is 0 Å². The molecule has 0 radical (unpaired) electrons. The van der Waals surface area contributed by atoms with Crippen LogP contribution in [0, 0.1) is 19.8 Å². The molecule has 1 heterocycles. The Kier molecular flexibility index (Phi) is 4.23. The zero-order valence-electron chi connectivity index (χ0n) is 12.6. The average Bonchev–Trinajstić information content (AvgIpc) is 2.62. The number of carbonyl (C=O) groups excluding carboxylic acids is 2. The summed E-state index contributed by atoms with van der Waals surface area (Å²) in [5.74, 6) is -0.299. The molecule has 1 aromatic carbocycles. The van der Waals surface area contributed by atoms with Crippen molar-refractivity contribution in [3.8, 4) is 0 Å². The summed E-state index contributed by atoms with van der Waals surface area (Å²) in [6, 6.07) is 6.23. The number of imide groups is 1. The van der Waals surface area contributed by atoms with Crippen molar-refractivity contribution < 1.29 is 9.59 Å².